The zero-order valence-corrected chi connectivity index (χ0v) is 15.7. The minimum atomic E-state index is -3.53. The van der Waals surface area contributed by atoms with Crippen molar-refractivity contribution in [2.75, 3.05) is 26.4 Å². The molecule has 0 amide bonds. The molecule has 0 saturated carbocycles. The lowest BCUT2D eigenvalue weighted by molar-refractivity contribution is 0.379. The van der Waals surface area contributed by atoms with Gasteiger partial charge in [0.2, 0.25) is 10.0 Å². The molecule has 0 bridgehead atoms. The third-order valence-electron chi connectivity index (χ3n) is 3.72. The van der Waals surface area contributed by atoms with Gasteiger partial charge in [0.25, 0.3) is 0 Å². The van der Waals surface area contributed by atoms with E-state index in [0.717, 1.165) is 19.1 Å². The van der Waals surface area contributed by atoms with E-state index in [1.807, 2.05) is 7.05 Å². The van der Waals surface area contributed by atoms with Crippen molar-refractivity contribution in [3.63, 3.8) is 0 Å². The van der Waals surface area contributed by atoms with E-state index in [1.165, 1.54) is 16.4 Å². The molecule has 1 unspecified atom stereocenters. The van der Waals surface area contributed by atoms with Gasteiger partial charge >= 0.3 is 0 Å². The topological polar surface area (TPSA) is 83.6 Å². The fourth-order valence-corrected chi connectivity index (χ4v) is 5.25. The predicted molar refractivity (Wildman–Crippen MR) is 93.1 cm³/mol. The van der Waals surface area contributed by atoms with Crippen molar-refractivity contribution in [3.05, 3.63) is 29.8 Å². The number of nitrogens with zero attached hydrogens (tertiary/aromatic N) is 1. The summed E-state index contributed by atoms with van der Waals surface area (Å²) < 4.78 is 49.5. The summed E-state index contributed by atoms with van der Waals surface area (Å²) in [6.07, 6.45) is 2.87. The number of benzene rings is 1. The molecule has 132 valence electrons. The highest BCUT2D eigenvalue weighted by Gasteiger charge is 2.34. The average Bonchev–Trinajstić information content (AvgIpc) is 2.87. The minimum absolute atomic E-state index is 0. The Kier molecular flexibility index (Phi) is 7.03. The van der Waals surface area contributed by atoms with Crippen LogP contribution in [-0.4, -0.2) is 53.6 Å². The first kappa shape index (κ1) is 20.4. The monoisotopic (exact) mass is 382 g/mol. The smallest absolute Gasteiger partial charge is 0.243 e. The van der Waals surface area contributed by atoms with E-state index in [-0.39, 0.29) is 29.1 Å². The summed E-state index contributed by atoms with van der Waals surface area (Å²) in [7, 11) is -4.84. The molecule has 0 spiro atoms. The van der Waals surface area contributed by atoms with Gasteiger partial charge in [0.15, 0.2) is 9.84 Å². The van der Waals surface area contributed by atoms with E-state index in [0.29, 0.717) is 18.7 Å². The van der Waals surface area contributed by atoms with Crippen LogP contribution < -0.4 is 5.32 Å². The largest absolute Gasteiger partial charge is 0.318 e. The van der Waals surface area contributed by atoms with Crippen molar-refractivity contribution in [2.45, 2.75) is 29.5 Å². The maximum atomic E-state index is 12.7. The predicted octanol–water partition coefficient (Wildman–Crippen LogP) is 1.03. The second kappa shape index (κ2) is 7.94. The molecule has 1 fully saturated rings. The number of hydrogen-bond acceptors (Lipinski definition) is 5. The van der Waals surface area contributed by atoms with E-state index >= 15 is 0 Å². The number of likely N-dealkylation sites (N-methyl/N-ethyl adjacent to an activating group) is 1. The van der Waals surface area contributed by atoms with Crippen LogP contribution in [0.1, 0.15) is 18.4 Å². The Morgan fingerprint density at radius 3 is 2.30 bits per heavy atom. The molecule has 1 saturated heterocycles. The molecular weight excluding hydrogens is 360 g/mol. The molecule has 1 heterocycles. The molecule has 1 aromatic carbocycles. The van der Waals surface area contributed by atoms with Gasteiger partial charge in [-0.3, -0.25) is 0 Å². The Hall–Kier alpha value is -0.670. The average molecular weight is 383 g/mol. The molecule has 0 aromatic heterocycles. The highest BCUT2D eigenvalue weighted by Crippen LogP contribution is 2.26. The van der Waals surface area contributed by atoms with Gasteiger partial charge < -0.3 is 5.32 Å². The van der Waals surface area contributed by atoms with Gasteiger partial charge in [-0.05, 0) is 37.6 Å². The van der Waals surface area contributed by atoms with E-state index in [4.69, 9.17) is 0 Å². The normalized spacial score (nSPS) is 19.5. The molecule has 1 aromatic rings. The Balaban J connectivity index is 0.00000264. The third kappa shape index (κ3) is 5.15. The zero-order chi connectivity index (χ0) is 16.4. The molecule has 23 heavy (non-hydrogen) atoms. The van der Waals surface area contributed by atoms with Gasteiger partial charge in [0.05, 0.1) is 10.6 Å². The molecule has 0 aliphatic carbocycles. The van der Waals surface area contributed by atoms with Crippen molar-refractivity contribution >= 4 is 32.3 Å². The fraction of sp³-hybridized carbons (Fsp3) is 0.571. The van der Waals surface area contributed by atoms with E-state index in [2.05, 4.69) is 5.32 Å². The van der Waals surface area contributed by atoms with Crippen molar-refractivity contribution < 1.29 is 16.8 Å². The minimum Gasteiger partial charge on any atom is -0.318 e. The molecule has 1 atom stereocenters. The molecule has 1 N–H and O–H groups in total. The van der Waals surface area contributed by atoms with Gasteiger partial charge in [0, 0.05) is 25.4 Å². The fourth-order valence-electron chi connectivity index (χ4n) is 2.76. The van der Waals surface area contributed by atoms with Crippen LogP contribution in [0.15, 0.2) is 29.2 Å². The van der Waals surface area contributed by atoms with Gasteiger partial charge in [-0.15, -0.1) is 12.4 Å². The number of hydrogen-bond donors (Lipinski definition) is 1. The van der Waals surface area contributed by atoms with Crippen LogP contribution in [0, 0.1) is 0 Å². The SMILES string of the molecule is CNCC1CCCN1S(=O)(=O)c1ccc(CS(C)(=O)=O)cc1.Cl. The van der Waals surface area contributed by atoms with Gasteiger partial charge in [-0.25, -0.2) is 16.8 Å². The van der Waals surface area contributed by atoms with Crippen molar-refractivity contribution in [2.24, 2.45) is 0 Å². The first-order valence-electron chi connectivity index (χ1n) is 7.17. The van der Waals surface area contributed by atoms with Crippen LogP contribution in [0.5, 0.6) is 0 Å². The highest BCUT2D eigenvalue weighted by atomic mass is 35.5. The molecular formula is C14H23ClN2O4S2. The molecule has 1 aliphatic heterocycles. The number of rotatable bonds is 6. The molecule has 1 aliphatic rings. The molecule has 0 radical (unpaired) electrons. The summed E-state index contributed by atoms with van der Waals surface area (Å²) >= 11 is 0. The lowest BCUT2D eigenvalue weighted by Gasteiger charge is -2.24. The Morgan fingerprint density at radius 1 is 1.17 bits per heavy atom. The van der Waals surface area contributed by atoms with Crippen LogP contribution in [0.3, 0.4) is 0 Å². The van der Waals surface area contributed by atoms with Crippen molar-refractivity contribution in [1.29, 1.82) is 0 Å². The maximum Gasteiger partial charge on any atom is 0.243 e. The van der Waals surface area contributed by atoms with Crippen LogP contribution in [0.2, 0.25) is 0 Å². The van der Waals surface area contributed by atoms with E-state index in [1.54, 1.807) is 12.1 Å². The van der Waals surface area contributed by atoms with Crippen LogP contribution in [0.25, 0.3) is 0 Å². The Bertz CT molecular complexity index is 718. The summed E-state index contributed by atoms with van der Waals surface area (Å²) in [5.41, 5.74) is 0.592. The summed E-state index contributed by atoms with van der Waals surface area (Å²) in [6.45, 7) is 1.16. The van der Waals surface area contributed by atoms with Crippen LogP contribution in [0.4, 0.5) is 0 Å². The molecule has 2 rings (SSSR count). The second-order valence-electron chi connectivity index (χ2n) is 5.68. The first-order valence-corrected chi connectivity index (χ1v) is 10.7. The van der Waals surface area contributed by atoms with Crippen molar-refractivity contribution in [1.82, 2.24) is 9.62 Å². The number of halogens is 1. The van der Waals surface area contributed by atoms with Gasteiger partial charge in [-0.1, -0.05) is 12.1 Å². The third-order valence-corrected chi connectivity index (χ3v) is 6.55. The maximum absolute atomic E-state index is 12.7. The molecule has 6 nitrogen and oxygen atoms in total. The van der Waals surface area contributed by atoms with Gasteiger partial charge in [-0.2, -0.15) is 4.31 Å². The summed E-state index contributed by atoms with van der Waals surface area (Å²) in [5, 5.41) is 3.03. The van der Waals surface area contributed by atoms with Gasteiger partial charge in [0.1, 0.15) is 0 Å². The Morgan fingerprint density at radius 2 is 1.78 bits per heavy atom. The first-order chi connectivity index (χ1) is 10.2. The van der Waals surface area contributed by atoms with Crippen LogP contribution in [-0.2, 0) is 25.6 Å². The van der Waals surface area contributed by atoms with Crippen LogP contribution >= 0.6 is 12.4 Å². The van der Waals surface area contributed by atoms with E-state index in [9.17, 15) is 16.8 Å². The number of nitrogens with one attached hydrogen (secondary N) is 1. The lowest BCUT2D eigenvalue weighted by atomic mass is 10.2. The lowest BCUT2D eigenvalue weighted by Crippen LogP contribution is -2.40. The highest BCUT2D eigenvalue weighted by molar-refractivity contribution is 7.90. The Labute approximate surface area is 144 Å². The zero-order valence-electron chi connectivity index (χ0n) is 13.2. The van der Waals surface area contributed by atoms with Crippen molar-refractivity contribution in [3.8, 4) is 0 Å². The molecule has 9 heteroatoms. The summed E-state index contributed by atoms with van der Waals surface area (Å²) in [5.74, 6) is -0.0839. The number of sulfone groups is 1. The summed E-state index contributed by atoms with van der Waals surface area (Å²) in [6, 6.07) is 6.09. The summed E-state index contributed by atoms with van der Waals surface area (Å²) in [4.78, 5) is 0.216. The number of sulfonamides is 1. The quantitative estimate of drug-likeness (QED) is 0.794. The second-order valence-corrected chi connectivity index (χ2v) is 9.71. The standard InChI is InChI=1S/C14H22N2O4S2.ClH/c1-15-10-13-4-3-9-16(13)22(19,20)14-7-5-12(6-8-14)11-21(2,17)18;/h5-8,13,15H,3-4,9-11H2,1-2H3;1H. The van der Waals surface area contributed by atoms with E-state index < -0.39 is 19.9 Å².